The first-order valence-electron chi connectivity index (χ1n) is 4.81. The molecule has 4 heteroatoms. The van der Waals surface area contributed by atoms with Crippen molar-refractivity contribution in [3.8, 4) is 0 Å². The van der Waals surface area contributed by atoms with Gasteiger partial charge in [-0.25, -0.2) is 0 Å². The van der Waals surface area contributed by atoms with Crippen molar-refractivity contribution in [2.45, 2.75) is 12.5 Å². The molecule has 0 aromatic carbocycles. The van der Waals surface area contributed by atoms with Crippen molar-refractivity contribution in [3.05, 3.63) is 24.0 Å². The van der Waals surface area contributed by atoms with Gasteiger partial charge in [0.2, 0.25) is 0 Å². The minimum absolute atomic E-state index is 0.172. The number of rotatable bonds is 6. The average molecular weight is 198 g/mol. The van der Waals surface area contributed by atoms with E-state index in [0.29, 0.717) is 6.54 Å². The Balaban J connectivity index is 2.18. The molecular weight excluding hydrogens is 180 g/mol. The zero-order chi connectivity index (χ0) is 10.4. The number of hydrogen-bond donors (Lipinski definition) is 3. The van der Waals surface area contributed by atoms with Crippen molar-refractivity contribution in [2.24, 2.45) is 0 Å². The lowest BCUT2D eigenvalue weighted by Crippen LogP contribution is -2.32. The molecule has 1 atom stereocenters. The Morgan fingerprint density at radius 3 is 2.93 bits per heavy atom. The van der Waals surface area contributed by atoms with E-state index in [0.717, 1.165) is 13.0 Å². The molecule has 1 unspecified atom stereocenters. The quantitative estimate of drug-likeness (QED) is 0.595. The molecule has 1 rings (SSSR count). The first kappa shape index (κ1) is 11.2. The number of aliphatic hydroxyl groups excluding tert-OH is 2. The summed E-state index contributed by atoms with van der Waals surface area (Å²) in [6, 6.07) is 2.04. The van der Waals surface area contributed by atoms with Crippen LogP contribution in [0.15, 0.2) is 18.5 Å². The van der Waals surface area contributed by atoms with E-state index in [1.807, 2.05) is 30.4 Å². The highest BCUT2D eigenvalue weighted by Crippen LogP contribution is 1.99. The lowest BCUT2D eigenvalue weighted by Gasteiger charge is -2.18. The molecule has 14 heavy (non-hydrogen) atoms. The standard InChI is InChI=1S/C10H18N2O2/c1-12(7-10(14)8-13)5-3-9-2-4-11-6-9/h2,4,6,10-11,13-14H,3,5,7-8H2,1H3. The molecule has 0 radical (unpaired) electrons. The molecular formula is C10H18N2O2. The van der Waals surface area contributed by atoms with Crippen molar-refractivity contribution < 1.29 is 10.2 Å². The van der Waals surface area contributed by atoms with Crippen LogP contribution in [0.4, 0.5) is 0 Å². The highest BCUT2D eigenvalue weighted by atomic mass is 16.3. The largest absolute Gasteiger partial charge is 0.394 e. The number of nitrogens with zero attached hydrogens (tertiary/aromatic N) is 1. The molecule has 1 heterocycles. The summed E-state index contributed by atoms with van der Waals surface area (Å²) >= 11 is 0. The van der Waals surface area contributed by atoms with Crippen LogP contribution in [0.5, 0.6) is 0 Å². The molecule has 0 spiro atoms. The number of nitrogens with one attached hydrogen (secondary N) is 1. The Morgan fingerprint density at radius 2 is 2.36 bits per heavy atom. The van der Waals surface area contributed by atoms with Gasteiger partial charge in [-0.05, 0) is 25.1 Å². The van der Waals surface area contributed by atoms with Crippen LogP contribution < -0.4 is 0 Å². The van der Waals surface area contributed by atoms with E-state index >= 15 is 0 Å². The van der Waals surface area contributed by atoms with Crippen LogP contribution in [0.1, 0.15) is 5.56 Å². The Bertz CT molecular complexity index is 236. The smallest absolute Gasteiger partial charge is 0.0897 e. The number of H-pyrrole nitrogens is 1. The third-order valence-electron chi connectivity index (χ3n) is 2.18. The van der Waals surface area contributed by atoms with Crippen LogP contribution in [0.25, 0.3) is 0 Å². The van der Waals surface area contributed by atoms with E-state index < -0.39 is 6.10 Å². The summed E-state index contributed by atoms with van der Waals surface area (Å²) in [4.78, 5) is 5.01. The summed E-state index contributed by atoms with van der Waals surface area (Å²) in [6.07, 6.45) is 4.19. The SMILES string of the molecule is CN(CCc1cc[nH]c1)CC(O)CO. The maximum Gasteiger partial charge on any atom is 0.0897 e. The first-order valence-corrected chi connectivity index (χ1v) is 4.81. The summed E-state index contributed by atoms with van der Waals surface area (Å²) in [5.74, 6) is 0. The van der Waals surface area contributed by atoms with Crippen LogP contribution >= 0.6 is 0 Å². The van der Waals surface area contributed by atoms with Crippen molar-refractivity contribution in [1.82, 2.24) is 9.88 Å². The maximum absolute atomic E-state index is 9.19. The van der Waals surface area contributed by atoms with Gasteiger partial charge in [0, 0.05) is 25.5 Å². The molecule has 4 nitrogen and oxygen atoms in total. The Morgan fingerprint density at radius 1 is 1.57 bits per heavy atom. The molecule has 0 aliphatic carbocycles. The van der Waals surface area contributed by atoms with E-state index in [2.05, 4.69) is 4.98 Å². The lowest BCUT2D eigenvalue weighted by molar-refractivity contribution is 0.0669. The zero-order valence-electron chi connectivity index (χ0n) is 8.48. The highest BCUT2D eigenvalue weighted by molar-refractivity contribution is 5.08. The number of aromatic nitrogens is 1. The Hall–Kier alpha value is -0.840. The molecule has 0 saturated heterocycles. The Labute approximate surface area is 84.2 Å². The van der Waals surface area contributed by atoms with E-state index in [-0.39, 0.29) is 6.61 Å². The molecule has 3 N–H and O–H groups in total. The third kappa shape index (κ3) is 3.91. The second-order valence-corrected chi connectivity index (χ2v) is 3.57. The normalized spacial score (nSPS) is 13.4. The molecule has 0 bridgehead atoms. The molecule has 1 aromatic rings. The first-order chi connectivity index (χ1) is 6.72. The highest BCUT2D eigenvalue weighted by Gasteiger charge is 2.06. The van der Waals surface area contributed by atoms with Crippen LogP contribution in [-0.2, 0) is 6.42 Å². The molecule has 0 saturated carbocycles. The van der Waals surface area contributed by atoms with Gasteiger partial charge >= 0.3 is 0 Å². The Kier molecular flexibility index (Phi) is 4.65. The van der Waals surface area contributed by atoms with Gasteiger partial charge in [-0.2, -0.15) is 0 Å². The fourth-order valence-electron chi connectivity index (χ4n) is 1.34. The van der Waals surface area contributed by atoms with Gasteiger partial charge in [-0.1, -0.05) is 0 Å². The number of likely N-dealkylation sites (N-methyl/N-ethyl adjacent to an activating group) is 1. The second-order valence-electron chi connectivity index (χ2n) is 3.57. The van der Waals surface area contributed by atoms with Crippen molar-refractivity contribution in [1.29, 1.82) is 0 Å². The van der Waals surface area contributed by atoms with Gasteiger partial charge < -0.3 is 20.1 Å². The van der Waals surface area contributed by atoms with E-state index in [1.54, 1.807) is 0 Å². The van der Waals surface area contributed by atoms with Gasteiger partial charge in [0.1, 0.15) is 0 Å². The second kappa shape index (κ2) is 5.80. The van der Waals surface area contributed by atoms with Crippen LogP contribution in [-0.4, -0.2) is 52.9 Å². The van der Waals surface area contributed by atoms with E-state index in [9.17, 15) is 5.11 Å². The van der Waals surface area contributed by atoms with Gasteiger partial charge in [0.05, 0.1) is 12.7 Å². The third-order valence-corrected chi connectivity index (χ3v) is 2.18. The molecule has 0 aliphatic heterocycles. The predicted octanol–water partition coefficient (Wildman–Crippen LogP) is -0.158. The summed E-state index contributed by atoms with van der Waals surface area (Å²) in [6.45, 7) is 1.23. The topological polar surface area (TPSA) is 59.5 Å². The average Bonchev–Trinajstić information content (AvgIpc) is 2.67. The van der Waals surface area contributed by atoms with E-state index in [1.165, 1.54) is 5.56 Å². The van der Waals surface area contributed by atoms with Gasteiger partial charge in [-0.15, -0.1) is 0 Å². The number of aliphatic hydroxyl groups is 2. The minimum Gasteiger partial charge on any atom is -0.394 e. The zero-order valence-corrected chi connectivity index (χ0v) is 8.48. The van der Waals surface area contributed by atoms with Gasteiger partial charge in [0.15, 0.2) is 0 Å². The molecule has 1 aromatic heterocycles. The van der Waals surface area contributed by atoms with Crippen molar-refractivity contribution in [3.63, 3.8) is 0 Å². The molecule has 80 valence electrons. The summed E-state index contributed by atoms with van der Waals surface area (Å²) in [7, 11) is 1.94. The molecule has 0 amide bonds. The van der Waals surface area contributed by atoms with Crippen LogP contribution in [0, 0.1) is 0 Å². The van der Waals surface area contributed by atoms with Crippen LogP contribution in [0.3, 0.4) is 0 Å². The predicted molar refractivity (Wildman–Crippen MR) is 55.1 cm³/mol. The van der Waals surface area contributed by atoms with Crippen molar-refractivity contribution >= 4 is 0 Å². The summed E-state index contributed by atoms with van der Waals surface area (Å²) < 4.78 is 0. The maximum atomic E-state index is 9.19. The molecule has 0 fully saturated rings. The fraction of sp³-hybridized carbons (Fsp3) is 0.600. The monoisotopic (exact) mass is 198 g/mol. The van der Waals surface area contributed by atoms with Crippen molar-refractivity contribution in [2.75, 3.05) is 26.7 Å². The summed E-state index contributed by atoms with van der Waals surface area (Å²) in [5, 5.41) is 17.8. The number of aromatic amines is 1. The van der Waals surface area contributed by atoms with Crippen LogP contribution in [0.2, 0.25) is 0 Å². The van der Waals surface area contributed by atoms with Gasteiger partial charge in [0.25, 0.3) is 0 Å². The minimum atomic E-state index is -0.633. The van der Waals surface area contributed by atoms with Gasteiger partial charge in [-0.3, -0.25) is 0 Å². The lowest BCUT2D eigenvalue weighted by atomic mass is 10.2. The summed E-state index contributed by atoms with van der Waals surface area (Å²) in [5.41, 5.74) is 1.26. The number of hydrogen-bond acceptors (Lipinski definition) is 3. The molecule has 0 aliphatic rings. The fourth-order valence-corrected chi connectivity index (χ4v) is 1.34. The van der Waals surface area contributed by atoms with E-state index in [4.69, 9.17) is 5.11 Å².